The molecule has 0 spiro atoms. The predicted molar refractivity (Wildman–Crippen MR) is 87.1 cm³/mol. The van der Waals surface area contributed by atoms with Crippen LogP contribution in [-0.2, 0) is 0 Å². The first-order valence-electron chi connectivity index (χ1n) is 7.07. The van der Waals surface area contributed by atoms with Gasteiger partial charge in [0.1, 0.15) is 18.2 Å². The van der Waals surface area contributed by atoms with Crippen LogP contribution in [0.3, 0.4) is 0 Å². The first kappa shape index (κ1) is 16.0. The van der Waals surface area contributed by atoms with Crippen molar-refractivity contribution in [3.63, 3.8) is 0 Å². The average molecular weight is 352 g/mol. The van der Waals surface area contributed by atoms with E-state index in [4.69, 9.17) is 4.74 Å². The summed E-state index contributed by atoms with van der Waals surface area (Å²) in [5.74, 6) is 0.555. The number of halogens is 2. The van der Waals surface area contributed by atoms with E-state index in [0.717, 1.165) is 18.7 Å². The van der Waals surface area contributed by atoms with Crippen molar-refractivity contribution in [2.45, 2.75) is 19.4 Å². The Balaban J connectivity index is 2.12. The summed E-state index contributed by atoms with van der Waals surface area (Å²) in [6, 6.07) is 14.7. The lowest BCUT2D eigenvalue weighted by Crippen LogP contribution is -2.28. The minimum absolute atomic E-state index is 0.178. The van der Waals surface area contributed by atoms with Gasteiger partial charge < -0.3 is 10.1 Å². The highest BCUT2D eigenvalue weighted by Crippen LogP contribution is 2.24. The molecule has 0 radical (unpaired) electrons. The second-order valence-corrected chi connectivity index (χ2v) is 5.63. The molecular weight excluding hydrogens is 333 g/mol. The molecule has 0 heterocycles. The van der Waals surface area contributed by atoms with Gasteiger partial charge in [-0.2, -0.15) is 0 Å². The number of para-hydroxylation sites is 1. The van der Waals surface area contributed by atoms with Crippen LogP contribution in [0, 0.1) is 5.82 Å². The van der Waals surface area contributed by atoms with Crippen molar-refractivity contribution in [2.24, 2.45) is 0 Å². The molecule has 2 nitrogen and oxygen atoms in total. The highest BCUT2D eigenvalue weighted by atomic mass is 79.9. The molecule has 2 aromatic carbocycles. The lowest BCUT2D eigenvalue weighted by atomic mass is 10.1. The summed E-state index contributed by atoms with van der Waals surface area (Å²) < 4.78 is 20.5. The Labute approximate surface area is 133 Å². The van der Waals surface area contributed by atoms with Gasteiger partial charge in [-0.1, -0.05) is 37.3 Å². The fraction of sp³-hybridized carbons (Fsp3) is 0.294. The molecular formula is C17H19BrFNO. The molecule has 1 unspecified atom stereocenters. The third-order valence-electron chi connectivity index (χ3n) is 3.16. The maximum atomic E-state index is 14.3. The van der Waals surface area contributed by atoms with Crippen molar-refractivity contribution in [1.82, 2.24) is 5.32 Å². The normalized spacial score (nSPS) is 12.1. The zero-order valence-electron chi connectivity index (χ0n) is 12.0. The summed E-state index contributed by atoms with van der Waals surface area (Å²) in [4.78, 5) is 0. The van der Waals surface area contributed by atoms with Gasteiger partial charge in [-0.25, -0.2) is 4.39 Å². The van der Waals surface area contributed by atoms with Crippen molar-refractivity contribution in [3.05, 3.63) is 64.4 Å². The molecule has 2 rings (SSSR count). The van der Waals surface area contributed by atoms with Crippen LogP contribution < -0.4 is 10.1 Å². The Morgan fingerprint density at radius 2 is 1.90 bits per heavy atom. The molecule has 0 aliphatic rings. The maximum absolute atomic E-state index is 14.3. The van der Waals surface area contributed by atoms with E-state index >= 15 is 0 Å². The zero-order valence-corrected chi connectivity index (χ0v) is 13.6. The highest BCUT2D eigenvalue weighted by Gasteiger charge is 2.17. The van der Waals surface area contributed by atoms with E-state index in [9.17, 15) is 4.39 Å². The van der Waals surface area contributed by atoms with E-state index in [0.29, 0.717) is 16.6 Å². The van der Waals surface area contributed by atoms with Gasteiger partial charge in [0.15, 0.2) is 0 Å². The Hall–Kier alpha value is -1.39. The largest absolute Gasteiger partial charge is 0.492 e. The van der Waals surface area contributed by atoms with Crippen LogP contribution >= 0.6 is 15.9 Å². The third-order valence-corrected chi connectivity index (χ3v) is 3.77. The quantitative estimate of drug-likeness (QED) is 0.779. The van der Waals surface area contributed by atoms with Crippen molar-refractivity contribution in [1.29, 1.82) is 0 Å². The Bertz CT molecular complexity index is 562. The topological polar surface area (TPSA) is 21.3 Å². The van der Waals surface area contributed by atoms with Gasteiger partial charge in [-0.15, -0.1) is 0 Å². The van der Waals surface area contributed by atoms with Gasteiger partial charge in [0.05, 0.1) is 10.5 Å². The van der Waals surface area contributed by atoms with Crippen molar-refractivity contribution in [2.75, 3.05) is 13.2 Å². The minimum atomic E-state index is -0.234. The molecule has 21 heavy (non-hydrogen) atoms. The molecule has 2 aromatic rings. The van der Waals surface area contributed by atoms with Crippen LogP contribution in [0.25, 0.3) is 0 Å². The lowest BCUT2D eigenvalue weighted by molar-refractivity contribution is 0.263. The van der Waals surface area contributed by atoms with Gasteiger partial charge in [0, 0.05) is 5.56 Å². The molecule has 4 heteroatoms. The molecule has 112 valence electrons. The third kappa shape index (κ3) is 4.55. The van der Waals surface area contributed by atoms with Crippen LogP contribution in [0.5, 0.6) is 5.75 Å². The molecule has 0 aliphatic heterocycles. The molecule has 0 aromatic heterocycles. The number of hydrogen-bond donors (Lipinski definition) is 1. The van der Waals surface area contributed by atoms with E-state index in [-0.39, 0.29) is 11.9 Å². The second-order valence-electron chi connectivity index (χ2n) is 4.77. The van der Waals surface area contributed by atoms with Crippen molar-refractivity contribution < 1.29 is 9.13 Å². The van der Waals surface area contributed by atoms with Crippen LogP contribution in [0.2, 0.25) is 0 Å². The smallest absolute Gasteiger partial charge is 0.142 e. The summed E-state index contributed by atoms with van der Waals surface area (Å²) in [7, 11) is 0. The summed E-state index contributed by atoms with van der Waals surface area (Å²) in [6.45, 7) is 3.28. The second kappa shape index (κ2) is 8.15. The Morgan fingerprint density at radius 1 is 1.14 bits per heavy atom. The number of hydrogen-bond acceptors (Lipinski definition) is 2. The molecule has 1 atom stereocenters. The van der Waals surface area contributed by atoms with Crippen LogP contribution in [0.4, 0.5) is 4.39 Å². The van der Waals surface area contributed by atoms with E-state index in [2.05, 4.69) is 28.2 Å². The maximum Gasteiger partial charge on any atom is 0.142 e. The summed E-state index contributed by atoms with van der Waals surface area (Å²) in [6.07, 6.45) is 0.984. The average Bonchev–Trinajstić information content (AvgIpc) is 2.52. The van der Waals surface area contributed by atoms with Crippen LogP contribution in [0.1, 0.15) is 24.9 Å². The van der Waals surface area contributed by atoms with E-state index in [1.807, 2.05) is 36.4 Å². The SMILES string of the molecule is CCCNC(COc1ccccc1)c1cccc(Br)c1F. The summed E-state index contributed by atoms with van der Waals surface area (Å²) in [5.41, 5.74) is 0.619. The molecule has 0 aliphatic carbocycles. The molecule has 0 saturated carbocycles. The van der Waals surface area contributed by atoms with Gasteiger partial charge in [0.25, 0.3) is 0 Å². The number of benzene rings is 2. The minimum Gasteiger partial charge on any atom is -0.492 e. The number of ether oxygens (including phenoxy) is 1. The molecule has 0 saturated heterocycles. The monoisotopic (exact) mass is 351 g/mol. The fourth-order valence-corrected chi connectivity index (χ4v) is 2.44. The summed E-state index contributed by atoms with van der Waals surface area (Å²) in [5, 5.41) is 3.34. The Kier molecular flexibility index (Phi) is 6.21. The van der Waals surface area contributed by atoms with Crippen molar-refractivity contribution >= 4 is 15.9 Å². The first-order chi connectivity index (χ1) is 10.2. The lowest BCUT2D eigenvalue weighted by Gasteiger charge is -2.20. The van der Waals surface area contributed by atoms with Gasteiger partial charge >= 0.3 is 0 Å². The molecule has 0 fully saturated rings. The molecule has 1 N–H and O–H groups in total. The zero-order chi connectivity index (χ0) is 15.1. The number of nitrogens with one attached hydrogen (secondary N) is 1. The van der Waals surface area contributed by atoms with Crippen molar-refractivity contribution in [3.8, 4) is 5.75 Å². The number of rotatable bonds is 7. The fourth-order valence-electron chi connectivity index (χ4n) is 2.06. The highest BCUT2D eigenvalue weighted by molar-refractivity contribution is 9.10. The van der Waals surface area contributed by atoms with Gasteiger partial charge in [-0.3, -0.25) is 0 Å². The van der Waals surface area contributed by atoms with Gasteiger partial charge in [-0.05, 0) is 47.1 Å². The van der Waals surface area contributed by atoms with Crippen LogP contribution in [0.15, 0.2) is 53.0 Å². The predicted octanol–water partition coefficient (Wildman–Crippen LogP) is 4.71. The summed E-state index contributed by atoms with van der Waals surface area (Å²) >= 11 is 3.23. The first-order valence-corrected chi connectivity index (χ1v) is 7.86. The van der Waals surface area contributed by atoms with E-state index < -0.39 is 0 Å². The molecule has 0 bridgehead atoms. The standard InChI is InChI=1S/C17H19BrFNO/c1-2-11-20-16(12-21-13-7-4-3-5-8-13)14-9-6-10-15(18)17(14)19/h3-10,16,20H,2,11-12H2,1H3. The molecule has 0 amide bonds. The van der Waals surface area contributed by atoms with E-state index in [1.165, 1.54) is 0 Å². The van der Waals surface area contributed by atoms with Crippen LogP contribution in [-0.4, -0.2) is 13.2 Å². The van der Waals surface area contributed by atoms with Gasteiger partial charge in [0.2, 0.25) is 0 Å². The van der Waals surface area contributed by atoms with E-state index in [1.54, 1.807) is 12.1 Å². The Morgan fingerprint density at radius 3 is 2.62 bits per heavy atom.